The van der Waals surface area contributed by atoms with Crippen molar-refractivity contribution in [1.82, 2.24) is 9.62 Å². The van der Waals surface area contributed by atoms with Crippen molar-refractivity contribution in [3.05, 3.63) is 168 Å². The number of rotatable bonds is 18. The van der Waals surface area contributed by atoms with Crippen LogP contribution in [0.2, 0.25) is 0 Å². The predicted molar refractivity (Wildman–Crippen MR) is 200 cm³/mol. The quantitative estimate of drug-likeness (QED) is 0.0811. The summed E-state index contributed by atoms with van der Waals surface area (Å²) in [6.45, 7) is -0.922. The maximum atomic E-state index is 15.7. The van der Waals surface area contributed by atoms with E-state index in [0.717, 1.165) is 21.6 Å². The number of benzene rings is 5. The number of nitrogens with one attached hydrogen (secondary N) is 2. The van der Waals surface area contributed by atoms with Crippen molar-refractivity contribution >= 4 is 27.7 Å². The first kappa shape index (κ1) is 38.8. The van der Waals surface area contributed by atoms with Gasteiger partial charge in [-0.25, -0.2) is 22.3 Å². The Balaban J connectivity index is 1.45. The highest BCUT2D eigenvalue weighted by atomic mass is 32.2. The van der Waals surface area contributed by atoms with E-state index in [-0.39, 0.29) is 48.7 Å². The predicted octanol–water partition coefficient (Wildman–Crippen LogP) is 6.43. The van der Waals surface area contributed by atoms with Gasteiger partial charge >= 0.3 is 6.09 Å². The van der Waals surface area contributed by atoms with Gasteiger partial charge in [0.25, 0.3) is 5.91 Å². The number of anilines is 1. The molecule has 1 unspecified atom stereocenters. The first-order valence-corrected chi connectivity index (χ1v) is 18.6. The summed E-state index contributed by atoms with van der Waals surface area (Å²) in [5.74, 6) is -1.70. The highest BCUT2D eigenvalue weighted by molar-refractivity contribution is 7.89. The van der Waals surface area contributed by atoms with E-state index in [2.05, 4.69) is 10.0 Å². The lowest BCUT2D eigenvalue weighted by Crippen LogP contribution is -2.46. The van der Waals surface area contributed by atoms with Gasteiger partial charge in [-0.05, 0) is 53.8 Å². The summed E-state index contributed by atoms with van der Waals surface area (Å²) in [7, 11) is -4.10. The molecule has 0 bridgehead atoms. The van der Waals surface area contributed by atoms with Crippen molar-refractivity contribution in [2.45, 2.75) is 42.4 Å². The summed E-state index contributed by atoms with van der Waals surface area (Å²) in [5, 5.41) is 22.1. The largest absolute Gasteiger partial charge is 0.465 e. The number of aliphatic hydroxyl groups excluding tert-OH is 1. The number of carbonyl (C=O) groups excluding carboxylic acids is 1. The van der Waals surface area contributed by atoms with Crippen LogP contribution in [0.4, 0.5) is 14.9 Å². The molecule has 5 rings (SSSR count). The average Bonchev–Trinajstić information content (AvgIpc) is 3.17. The first-order valence-electron chi connectivity index (χ1n) is 17.2. The lowest BCUT2D eigenvalue weighted by Gasteiger charge is -2.28. The van der Waals surface area contributed by atoms with Crippen LogP contribution < -0.4 is 10.0 Å². The number of halogens is 1. The van der Waals surface area contributed by atoms with Gasteiger partial charge in [0.15, 0.2) is 0 Å². The van der Waals surface area contributed by atoms with E-state index in [4.69, 9.17) is 4.74 Å². The van der Waals surface area contributed by atoms with Gasteiger partial charge in [-0.15, -0.1) is 0 Å². The van der Waals surface area contributed by atoms with Gasteiger partial charge in [0.05, 0.1) is 18.1 Å². The van der Waals surface area contributed by atoms with Crippen LogP contribution in [0.1, 0.15) is 34.6 Å². The molecular formula is C41H42FN3O7S. The Hall–Kier alpha value is -5.40. The number of hydrogen-bond acceptors (Lipinski definition) is 6. The minimum absolute atomic E-state index is 0.0270. The molecule has 0 fully saturated rings. The molecule has 0 aromatic heterocycles. The van der Waals surface area contributed by atoms with E-state index < -0.39 is 52.5 Å². The minimum Gasteiger partial charge on any atom is -0.465 e. The summed E-state index contributed by atoms with van der Waals surface area (Å²) < 4.78 is 51.3. The van der Waals surface area contributed by atoms with Crippen molar-refractivity contribution < 1.29 is 37.3 Å². The average molecular weight is 740 g/mol. The normalized spacial score (nSPS) is 12.6. The van der Waals surface area contributed by atoms with Crippen LogP contribution >= 0.6 is 0 Å². The van der Waals surface area contributed by atoms with Crippen LogP contribution in [0.25, 0.3) is 0 Å². The van der Waals surface area contributed by atoms with Crippen molar-refractivity contribution in [1.29, 1.82) is 0 Å². The third kappa shape index (κ3) is 10.8. The molecule has 10 nitrogen and oxygen atoms in total. The molecule has 0 aliphatic heterocycles. The third-order valence-corrected chi connectivity index (χ3v) is 10.3. The van der Waals surface area contributed by atoms with Gasteiger partial charge in [-0.3, -0.25) is 4.79 Å². The van der Waals surface area contributed by atoms with E-state index in [0.29, 0.717) is 0 Å². The van der Waals surface area contributed by atoms with Crippen LogP contribution in [0.15, 0.2) is 144 Å². The van der Waals surface area contributed by atoms with Crippen molar-refractivity contribution in [2.75, 3.05) is 25.0 Å². The van der Waals surface area contributed by atoms with E-state index >= 15 is 4.39 Å². The number of aliphatic hydroxyl groups is 1. The monoisotopic (exact) mass is 739 g/mol. The molecule has 4 N–H and O–H groups in total. The molecule has 0 saturated carbocycles. The molecule has 2 atom stereocenters. The Morgan fingerprint density at radius 2 is 1.34 bits per heavy atom. The second kappa shape index (κ2) is 18.9. The van der Waals surface area contributed by atoms with Crippen LogP contribution in [0, 0.1) is 5.82 Å². The molecule has 0 heterocycles. The Morgan fingerprint density at radius 3 is 1.91 bits per heavy atom. The van der Waals surface area contributed by atoms with E-state index in [9.17, 15) is 28.2 Å². The number of hydrogen-bond donors (Lipinski definition) is 4. The lowest BCUT2D eigenvalue weighted by atomic mass is 9.86. The number of carboxylic acid groups (broad SMARTS) is 1. The topological polar surface area (TPSA) is 145 Å². The SMILES string of the molecule is O=C(Nc1cccc(F)c1CC[C@@H](CN(CCO)C(=O)O)NS(=O)(=O)c1ccccc1)C(OCc1ccccc1)C(c1ccccc1)c1ccccc1. The number of ether oxygens (including phenoxy) is 1. The lowest BCUT2D eigenvalue weighted by molar-refractivity contribution is -0.129. The fourth-order valence-electron chi connectivity index (χ4n) is 6.12. The highest BCUT2D eigenvalue weighted by Gasteiger charge is 2.33. The molecule has 5 aromatic carbocycles. The van der Waals surface area contributed by atoms with Crippen molar-refractivity contribution in [3.63, 3.8) is 0 Å². The van der Waals surface area contributed by atoms with E-state index in [1.807, 2.05) is 91.0 Å². The fraction of sp³-hybridized carbons (Fsp3) is 0.220. The van der Waals surface area contributed by atoms with Crippen molar-refractivity contribution in [2.24, 2.45) is 0 Å². The Kier molecular flexibility index (Phi) is 13.8. The Labute approximate surface area is 308 Å². The zero-order chi connectivity index (χ0) is 37.6. The molecule has 53 heavy (non-hydrogen) atoms. The maximum Gasteiger partial charge on any atom is 0.407 e. The van der Waals surface area contributed by atoms with Gasteiger partial charge in [-0.1, -0.05) is 115 Å². The minimum atomic E-state index is -4.10. The fourth-order valence-corrected chi connectivity index (χ4v) is 7.41. The number of carbonyl (C=O) groups is 2. The number of sulfonamides is 1. The zero-order valence-electron chi connectivity index (χ0n) is 28.9. The van der Waals surface area contributed by atoms with Crippen LogP contribution in [-0.4, -0.2) is 67.4 Å². The summed E-state index contributed by atoms with van der Waals surface area (Å²) in [4.78, 5) is 27.2. The molecular weight excluding hydrogens is 698 g/mol. The van der Waals surface area contributed by atoms with Crippen LogP contribution in [0.5, 0.6) is 0 Å². The molecule has 2 amide bonds. The molecule has 12 heteroatoms. The van der Waals surface area contributed by atoms with Crippen LogP contribution in [-0.2, 0) is 32.6 Å². The van der Waals surface area contributed by atoms with Gasteiger partial charge in [0.2, 0.25) is 10.0 Å². The number of amides is 2. The second-order valence-electron chi connectivity index (χ2n) is 12.4. The van der Waals surface area contributed by atoms with E-state index in [1.165, 1.54) is 24.3 Å². The smallest absolute Gasteiger partial charge is 0.407 e. The molecule has 276 valence electrons. The molecule has 5 aromatic rings. The van der Waals surface area contributed by atoms with Crippen LogP contribution in [0.3, 0.4) is 0 Å². The summed E-state index contributed by atoms with van der Waals surface area (Å²) in [6.07, 6.45) is -2.54. The second-order valence-corrected chi connectivity index (χ2v) is 14.1. The Bertz CT molecular complexity index is 1980. The molecule has 0 saturated heterocycles. The summed E-state index contributed by atoms with van der Waals surface area (Å²) >= 11 is 0. The van der Waals surface area contributed by atoms with Gasteiger partial charge in [-0.2, -0.15) is 0 Å². The summed E-state index contributed by atoms with van der Waals surface area (Å²) in [6, 6.07) is 39.3. The first-order chi connectivity index (χ1) is 25.7. The van der Waals surface area contributed by atoms with Crippen molar-refractivity contribution in [3.8, 4) is 0 Å². The van der Waals surface area contributed by atoms with Gasteiger partial charge in [0.1, 0.15) is 11.9 Å². The highest BCUT2D eigenvalue weighted by Crippen LogP contribution is 2.32. The maximum absolute atomic E-state index is 15.7. The van der Waals surface area contributed by atoms with Gasteiger partial charge < -0.3 is 25.2 Å². The Morgan fingerprint density at radius 1 is 0.774 bits per heavy atom. The zero-order valence-corrected chi connectivity index (χ0v) is 29.7. The molecule has 0 spiro atoms. The third-order valence-electron chi connectivity index (χ3n) is 8.73. The standard InChI is InChI=1S/C41H42FN3O7S/c42-36-22-13-23-37(35(36)25-24-33(28-45(26-27-46)41(48)49)44-53(50,51)34-20-11-4-12-21-34)43-40(47)39(52-29-30-14-5-1-6-15-30)38(31-16-7-2-8-17-31)32-18-9-3-10-19-32/h1-23,33,38-39,44,46H,24-29H2,(H,43,47)(H,48,49)/t33-,39?/m0/s1. The van der Waals surface area contributed by atoms with Gasteiger partial charge in [0, 0.05) is 36.3 Å². The van der Waals surface area contributed by atoms with E-state index in [1.54, 1.807) is 24.3 Å². The summed E-state index contributed by atoms with van der Waals surface area (Å²) in [5.41, 5.74) is 2.80. The number of nitrogens with zero attached hydrogens (tertiary/aromatic N) is 1. The molecule has 0 radical (unpaired) electrons. The molecule has 0 aliphatic carbocycles. The molecule has 0 aliphatic rings.